The SMILES string of the molecule is Cc1cc(=O)[nH]c(-n2[nH]c3ncc4c(c3c2=O)CC(c2ccco2)CC4=O)n1. The Morgan fingerprint density at radius 1 is 1.25 bits per heavy atom. The maximum atomic E-state index is 13.1. The Bertz CT molecular complexity index is 1340. The highest BCUT2D eigenvalue weighted by Crippen LogP contribution is 2.34. The number of H-pyrrole nitrogens is 2. The van der Waals surface area contributed by atoms with E-state index in [9.17, 15) is 14.4 Å². The van der Waals surface area contributed by atoms with Crippen molar-refractivity contribution in [3.63, 3.8) is 0 Å². The molecule has 0 saturated carbocycles. The smallest absolute Gasteiger partial charge is 0.283 e. The van der Waals surface area contributed by atoms with Crippen LogP contribution in [0, 0.1) is 6.92 Å². The molecule has 1 aliphatic rings. The number of ketones is 1. The van der Waals surface area contributed by atoms with Gasteiger partial charge >= 0.3 is 0 Å². The number of fused-ring (bicyclic) bond motifs is 3. The number of aryl methyl sites for hydroxylation is 1. The maximum Gasteiger partial charge on any atom is 0.283 e. The van der Waals surface area contributed by atoms with Crippen molar-refractivity contribution in [1.29, 1.82) is 0 Å². The Hall–Kier alpha value is -3.75. The predicted molar refractivity (Wildman–Crippen MR) is 98.9 cm³/mol. The number of nitrogens with zero attached hydrogens (tertiary/aromatic N) is 3. The van der Waals surface area contributed by atoms with E-state index < -0.39 is 5.56 Å². The highest BCUT2D eigenvalue weighted by atomic mass is 16.3. The molecule has 0 spiro atoms. The van der Waals surface area contributed by atoms with E-state index in [1.807, 2.05) is 6.07 Å². The zero-order chi connectivity index (χ0) is 19.4. The monoisotopic (exact) mass is 377 g/mol. The second-order valence-electron chi connectivity index (χ2n) is 6.88. The first-order valence-electron chi connectivity index (χ1n) is 8.79. The molecule has 0 aliphatic heterocycles. The van der Waals surface area contributed by atoms with Crippen molar-refractivity contribution in [2.45, 2.75) is 25.7 Å². The lowest BCUT2D eigenvalue weighted by molar-refractivity contribution is 0.0960. The van der Waals surface area contributed by atoms with Gasteiger partial charge in [-0.25, -0.2) is 9.97 Å². The summed E-state index contributed by atoms with van der Waals surface area (Å²) in [6, 6.07) is 4.95. The molecule has 2 N–H and O–H groups in total. The van der Waals surface area contributed by atoms with E-state index in [0.717, 1.165) is 4.68 Å². The molecular weight excluding hydrogens is 362 g/mol. The molecule has 0 aromatic carbocycles. The predicted octanol–water partition coefficient (Wildman–Crippen LogP) is 1.61. The van der Waals surface area contributed by atoms with Crippen LogP contribution in [0.25, 0.3) is 17.0 Å². The molecule has 0 amide bonds. The molecule has 4 heterocycles. The second kappa shape index (κ2) is 5.88. The number of pyridine rings is 1. The summed E-state index contributed by atoms with van der Waals surface area (Å²) in [5, 5.41) is 3.20. The van der Waals surface area contributed by atoms with Crippen LogP contribution in [0.1, 0.15) is 39.7 Å². The van der Waals surface area contributed by atoms with E-state index in [-0.39, 0.29) is 23.2 Å². The van der Waals surface area contributed by atoms with E-state index in [2.05, 4.69) is 20.1 Å². The molecule has 0 radical (unpaired) electrons. The van der Waals surface area contributed by atoms with Gasteiger partial charge in [-0.05, 0) is 31.0 Å². The summed E-state index contributed by atoms with van der Waals surface area (Å²) in [4.78, 5) is 48.5. The number of Topliss-reactive ketones (excluding diaryl/α,β-unsaturated/α-hetero) is 1. The van der Waals surface area contributed by atoms with Gasteiger partial charge < -0.3 is 4.42 Å². The van der Waals surface area contributed by atoms with E-state index >= 15 is 0 Å². The number of aromatic amines is 2. The fourth-order valence-electron chi connectivity index (χ4n) is 3.78. The lowest BCUT2D eigenvalue weighted by Gasteiger charge is -2.21. The summed E-state index contributed by atoms with van der Waals surface area (Å²) in [5.41, 5.74) is 1.12. The lowest BCUT2D eigenvalue weighted by atomic mass is 9.81. The molecule has 5 rings (SSSR count). The highest BCUT2D eigenvalue weighted by Gasteiger charge is 2.31. The van der Waals surface area contributed by atoms with Crippen LogP contribution in [0.5, 0.6) is 0 Å². The van der Waals surface area contributed by atoms with E-state index in [4.69, 9.17) is 4.42 Å². The van der Waals surface area contributed by atoms with Crippen LogP contribution in [0.15, 0.2) is 44.7 Å². The maximum absolute atomic E-state index is 13.1. The van der Waals surface area contributed by atoms with Crippen molar-refractivity contribution < 1.29 is 9.21 Å². The number of furan rings is 1. The minimum absolute atomic E-state index is 0.0754. The number of nitrogens with one attached hydrogen (secondary N) is 2. The zero-order valence-electron chi connectivity index (χ0n) is 14.9. The van der Waals surface area contributed by atoms with Crippen molar-refractivity contribution >= 4 is 16.8 Å². The van der Waals surface area contributed by atoms with Crippen LogP contribution in [0.2, 0.25) is 0 Å². The fraction of sp³-hybridized carbons (Fsp3) is 0.211. The summed E-state index contributed by atoms with van der Waals surface area (Å²) in [6.45, 7) is 1.67. The minimum atomic E-state index is -0.416. The lowest BCUT2D eigenvalue weighted by Crippen LogP contribution is -2.23. The molecule has 9 heteroatoms. The van der Waals surface area contributed by atoms with Crippen LogP contribution >= 0.6 is 0 Å². The molecule has 9 nitrogen and oxygen atoms in total. The van der Waals surface area contributed by atoms with Crippen LogP contribution in [-0.2, 0) is 6.42 Å². The quantitative estimate of drug-likeness (QED) is 0.546. The van der Waals surface area contributed by atoms with Crippen molar-refractivity contribution in [2.24, 2.45) is 0 Å². The van der Waals surface area contributed by atoms with E-state index in [1.54, 1.807) is 19.3 Å². The van der Waals surface area contributed by atoms with Gasteiger partial charge in [0.1, 0.15) is 5.76 Å². The molecule has 0 fully saturated rings. The van der Waals surface area contributed by atoms with Gasteiger partial charge in [0, 0.05) is 35.9 Å². The summed E-state index contributed by atoms with van der Waals surface area (Å²) >= 11 is 0. The van der Waals surface area contributed by atoms with Gasteiger partial charge in [-0.1, -0.05) is 0 Å². The Labute approximate surface area is 157 Å². The second-order valence-corrected chi connectivity index (χ2v) is 6.88. The van der Waals surface area contributed by atoms with Crippen LogP contribution in [0.3, 0.4) is 0 Å². The normalized spacial score (nSPS) is 16.5. The third kappa shape index (κ3) is 2.43. The first kappa shape index (κ1) is 16.4. The molecule has 1 aliphatic carbocycles. The zero-order valence-corrected chi connectivity index (χ0v) is 14.9. The number of hydrogen-bond donors (Lipinski definition) is 2. The van der Waals surface area contributed by atoms with Crippen LogP contribution in [-0.4, -0.2) is 30.5 Å². The molecule has 4 aromatic heterocycles. The molecule has 140 valence electrons. The molecule has 1 unspecified atom stereocenters. The average molecular weight is 377 g/mol. The number of carbonyl (C=O) groups excluding carboxylic acids is 1. The Morgan fingerprint density at radius 3 is 2.86 bits per heavy atom. The van der Waals surface area contributed by atoms with Crippen molar-refractivity contribution in [1.82, 2.24) is 24.7 Å². The number of rotatable bonds is 2. The van der Waals surface area contributed by atoms with Gasteiger partial charge in [-0.2, -0.15) is 4.68 Å². The van der Waals surface area contributed by atoms with Gasteiger partial charge in [-0.15, -0.1) is 0 Å². The minimum Gasteiger partial charge on any atom is -0.469 e. The molecule has 28 heavy (non-hydrogen) atoms. The molecule has 0 bridgehead atoms. The van der Waals surface area contributed by atoms with Gasteiger partial charge in [0.05, 0.1) is 11.6 Å². The average Bonchev–Trinajstić information content (AvgIpc) is 3.29. The van der Waals surface area contributed by atoms with Gasteiger partial charge in [0.15, 0.2) is 11.4 Å². The topological polar surface area (TPSA) is 127 Å². The Kier molecular flexibility index (Phi) is 3.45. The van der Waals surface area contributed by atoms with Gasteiger partial charge in [0.25, 0.3) is 11.1 Å². The van der Waals surface area contributed by atoms with Gasteiger partial charge in [-0.3, -0.25) is 24.5 Å². The fourth-order valence-corrected chi connectivity index (χ4v) is 3.78. The first-order valence-corrected chi connectivity index (χ1v) is 8.79. The number of aromatic nitrogens is 5. The summed E-state index contributed by atoms with van der Waals surface area (Å²) in [6.07, 6.45) is 3.85. The van der Waals surface area contributed by atoms with Crippen molar-refractivity contribution in [3.05, 3.63) is 73.9 Å². The Morgan fingerprint density at radius 2 is 2.11 bits per heavy atom. The standard InChI is InChI=1S/C19H15N5O4/c1-9-5-15(26)22-19(21-9)24-18(27)16-11-6-10(14-3-2-4-28-14)7-13(25)12(11)8-20-17(16)23-24/h2-5,8,10H,6-7H2,1H3,(H,20,23)(H,21,22,26). The summed E-state index contributed by atoms with van der Waals surface area (Å²) in [5.74, 6) is 0.572. The molecule has 1 atom stereocenters. The highest BCUT2D eigenvalue weighted by molar-refractivity contribution is 6.02. The molecule has 4 aromatic rings. The Balaban J connectivity index is 1.72. The summed E-state index contributed by atoms with van der Waals surface area (Å²) < 4.78 is 6.62. The van der Waals surface area contributed by atoms with Crippen LogP contribution < -0.4 is 11.1 Å². The summed E-state index contributed by atoms with van der Waals surface area (Å²) in [7, 11) is 0. The van der Waals surface area contributed by atoms with Crippen LogP contribution in [0.4, 0.5) is 0 Å². The number of hydrogen-bond acceptors (Lipinski definition) is 6. The first-order chi connectivity index (χ1) is 13.5. The third-order valence-electron chi connectivity index (χ3n) is 5.02. The molecular formula is C19H15N5O4. The molecule has 0 saturated heterocycles. The largest absolute Gasteiger partial charge is 0.469 e. The van der Waals surface area contributed by atoms with E-state index in [1.165, 1.54) is 12.3 Å². The van der Waals surface area contributed by atoms with E-state index in [0.29, 0.717) is 46.5 Å². The third-order valence-corrected chi connectivity index (χ3v) is 5.02. The number of carbonyl (C=O) groups is 1. The van der Waals surface area contributed by atoms with Crippen molar-refractivity contribution in [2.75, 3.05) is 0 Å². The van der Waals surface area contributed by atoms with Crippen molar-refractivity contribution in [3.8, 4) is 5.95 Å². The van der Waals surface area contributed by atoms with Gasteiger partial charge in [0.2, 0.25) is 5.95 Å².